The molecule has 2 heterocycles. The van der Waals surface area contributed by atoms with Gasteiger partial charge in [0.15, 0.2) is 0 Å². The second-order valence-corrected chi connectivity index (χ2v) is 11.2. The molecule has 4 rings (SSSR count). The number of aromatic nitrogens is 2. The molecule has 1 aromatic carbocycles. The molecule has 1 saturated carbocycles. The Morgan fingerprint density at radius 2 is 1.94 bits per heavy atom. The first-order valence-electron chi connectivity index (χ1n) is 12.0. The highest BCUT2D eigenvalue weighted by molar-refractivity contribution is 7.90. The van der Waals surface area contributed by atoms with Gasteiger partial charge in [0, 0.05) is 12.0 Å². The second-order valence-electron chi connectivity index (χ2n) is 9.52. The van der Waals surface area contributed by atoms with Gasteiger partial charge >= 0.3 is 0 Å². The predicted molar refractivity (Wildman–Crippen MR) is 129 cm³/mol. The molecule has 0 unspecified atom stereocenters. The van der Waals surface area contributed by atoms with Gasteiger partial charge in [-0.1, -0.05) is 50.9 Å². The third-order valence-corrected chi connectivity index (χ3v) is 8.18. The van der Waals surface area contributed by atoms with E-state index in [1.54, 1.807) is 25.1 Å². The van der Waals surface area contributed by atoms with E-state index in [-0.39, 0.29) is 22.0 Å². The van der Waals surface area contributed by atoms with E-state index < -0.39 is 33.8 Å². The molecule has 0 radical (unpaired) electrons. The van der Waals surface area contributed by atoms with Crippen molar-refractivity contribution in [2.75, 3.05) is 0 Å². The molecule has 188 valence electrons. The number of aryl methyl sites for hydroxylation is 1. The largest absolute Gasteiger partial charge is 0.344 e. The number of Topliss-reactive ketones (excluding diaryl/α,β-unsaturated/α-hetero) is 1. The van der Waals surface area contributed by atoms with E-state index in [4.69, 9.17) is 4.52 Å². The number of amidine groups is 1. The molecule has 11 heteroatoms. The molecule has 2 atom stereocenters. The van der Waals surface area contributed by atoms with Crippen LogP contribution in [0.15, 0.2) is 38.7 Å². The summed E-state index contributed by atoms with van der Waals surface area (Å²) < 4.78 is 32.6. The van der Waals surface area contributed by atoms with Gasteiger partial charge in [0.25, 0.3) is 10.0 Å². The SMILES string of the molecule is CCc1nc(C(=O)[C@H](CC)NC(=O)[C@H](CC2(C)CCCC2)N=C2NS(=O)(=O)c3ccccc32)no1. The average molecular weight is 502 g/mol. The Kier molecular flexibility index (Phi) is 7.07. The third kappa shape index (κ3) is 5.29. The standard InChI is InChI=1S/C24H31N5O5S/c1-4-16(20(30)22-27-19(5-2)34-28-22)26-23(31)17(14-24(3)12-8-9-13-24)25-21-15-10-6-7-11-18(15)35(32,33)29-21/h6-7,10-11,16-17H,4-5,8-9,12-14H2,1-3H3,(H,25,29)(H,26,31)/t16-,17-/m0/s1. The van der Waals surface area contributed by atoms with Crippen LogP contribution in [-0.2, 0) is 21.2 Å². The lowest BCUT2D eigenvalue weighted by Crippen LogP contribution is -2.46. The fraction of sp³-hybridized carbons (Fsp3) is 0.542. The summed E-state index contributed by atoms with van der Waals surface area (Å²) in [7, 11) is -3.74. The maximum absolute atomic E-state index is 13.5. The Balaban J connectivity index is 1.62. The predicted octanol–water partition coefficient (Wildman–Crippen LogP) is 2.79. The molecule has 2 aliphatic rings. The van der Waals surface area contributed by atoms with Crippen molar-refractivity contribution in [1.29, 1.82) is 0 Å². The molecule has 0 spiro atoms. The maximum atomic E-state index is 13.5. The van der Waals surface area contributed by atoms with Gasteiger partial charge in [0.05, 0.1) is 10.9 Å². The van der Waals surface area contributed by atoms with Gasteiger partial charge in [0.1, 0.15) is 11.9 Å². The number of aliphatic imine (C=N–C) groups is 1. The summed E-state index contributed by atoms with van der Waals surface area (Å²) in [5.74, 6) is -0.451. The van der Waals surface area contributed by atoms with E-state index in [1.165, 1.54) is 6.07 Å². The van der Waals surface area contributed by atoms with Gasteiger partial charge in [-0.15, -0.1) is 0 Å². The van der Waals surface area contributed by atoms with E-state index in [1.807, 2.05) is 6.92 Å². The van der Waals surface area contributed by atoms with Crippen LogP contribution in [-0.4, -0.2) is 48.2 Å². The first-order valence-corrected chi connectivity index (χ1v) is 13.5. The smallest absolute Gasteiger partial charge is 0.263 e. The molecule has 1 amide bonds. The number of hydrogen-bond acceptors (Lipinski definition) is 8. The fourth-order valence-electron chi connectivity index (χ4n) is 4.76. The number of hydrogen-bond donors (Lipinski definition) is 2. The van der Waals surface area contributed by atoms with Crippen molar-refractivity contribution in [1.82, 2.24) is 20.2 Å². The molecule has 2 aromatic rings. The van der Waals surface area contributed by atoms with Gasteiger partial charge in [-0.2, -0.15) is 4.98 Å². The minimum absolute atomic E-state index is 0.0721. The Labute approximate surface area is 205 Å². The number of rotatable bonds is 9. The number of amides is 1. The van der Waals surface area contributed by atoms with Crippen LogP contribution in [0.2, 0.25) is 0 Å². The molecular weight excluding hydrogens is 470 g/mol. The molecule has 10 nitrogen and oxygen atoms in total. The van der Waals surface area contributed by atoms with E-state index in [0.29, 0.717) is 30.7 Å². The molecule has 0 bridgehead atoms. The second kappa shape index (κ2) is 9.88. The number of nitrogens with zero attached hydrogens (tertiary/aromatic N) is 3. The summed E-state index contributed by atoms with van der Waals surface area (Å²) in [5.41, 5.74) is 0.335. The Hall–Kier alpha value is -3.08. The molecule has 35 heavy (non-hydrogen) atoms. The Morgan fingerprint density at radius 3 is 2.60 bits per heavy atom. The highest BCUT2D eigenvalue weighted by Gasteiger charge is 2.38. The number of ketones is 1. The van der Waals surface area contributed by atoms with Crippen molar-refractivity contribution in [2.45, 2.75) is 82.7 Å². The Morgan fingerprint density at radius 1 is 1.23 bits per heavy atom. The van der Waals surface area contributed by atoms with Crippen LogP contribution < -0.4 is 10.0 Å². The number of fused-ring (bicyclic) bond motifs is 1. The maximum Gasteiger partial charge on any atom is 0.263 e. The number of nitrogens with one attached hydrogen (secondary N) is 2. The average Bonchev–Trinajstić information content (AvgIpc) is 3.55. The van der Waals surface area contributed by atoms with Crippen molar-refractivity contribution >= 4 is 27.5 Å². The van der Waals surface area contributed by atoms with E-state index in [9.17, 15) is 18.0 Å². The zero-order chi connectivity index (χ0) is 25.2. The zero-order valence-electron chi connectivity index (χ0n) is 20.2. The lowest BCUT2D eigenvalue weighted by molar-refractivity contribution is -0.123. The first kappa shape index (κ1) is 25.0. The Bertz CT molecular complexity index is 1250. The number of benzene rings is 1. The number of carbonyl (C=O) groups is 2. The van der Waals surface area contributed by atoms with Crippen LogP contribution in [0.4, 0.5) is 0 Å². The monoisotopic (exact) mass is 501 g/mol. The van der Waals surface area contributed by atoms with Gasteiger partial charge in [-0.05, 0) is 43.2 Å². The van der Waals surface area contributed by atoms with Gasteiger partial charge in [-0.3, -0.25) is 19.3 Å². The van der Waals surface area contributed by atoms with E-state index in [2.05, 4.69) is 32.1 Å². The molecule has 1 aromatic heterocycles. The summed E-state index contributed by atoms with van der Waals surface area (Å²) in [6.45, 7) is 5.75. The van der Waals surface area contributed by atoms with Crippen molar-refractivity contribution in [3.05, 3.63) is 41.5 Å². The lowest BCUT2D eigenvalue weighted by Gasteiger charge is -2.28. The fourth-order valence-corrected chi connectivity index (χ4v) is 6.00. The van der Waals surface area contributed by atoms with Crippen LogP contribution >= 0.6 is 0 Å². The molecule has 1 aliphatic carbocycles. The summed E-state index contributed by atoms with van der Waals surface area (Å²) in [6.07, 6.45) is 5.34. The topological polar surface area (TPSA) is 144 Å². The lowest BCUT2D eigenvalue weighted by atomic mass is 9.82. The highest BCUT2D eigenvalue weighted by Crippen LogP contribution is 2.42. The molecular formula is C24H31N5O5S. The summed E-state index contributed by atoms with van der Waals surface area (Å²) in [5, 5.41) is 6.54. The summed E-state index contributed by atoms with van der Waals surface area (Å²) >= 11 is 0. The van der Waals surface area contributed by atoms with E-state index >= 15 is 0 Å². The van der Waals surface area contributed by atoms with Crippen LogP contribution in [0.1, 0.15) is 81.4 Å². The van der Waals surface area contributed by atoms with Crippen molar-refractivity contribution in [3.63, 3.8) is 0 Å². The molecule has 1 aliphatic heterocycles. The van der Waals surface area contributed by atoms with Crippen molar-refractivity contribution < 1.29 is 22.5 Å². The molecule has 1 fully saturated rings. The van der Waals surface area contributed by atoms with E-state index in [0.717, 1.165) is 25.7 Å². The van der Waals surface area contributed by atoms with Crippen LogP contribution in [0, 0.1) is 5.41 Å². The molecule has 0 saturated heterocycles. The van der Waals surface area contributed by atoms with Crippen molar-refractivity contribution in [3.8, 4) is 0 Å². The number of carbonyl (C=O) groups excluding carboxylic acids is 2. The van der Waals surface area contributed by atoms with Gasteiger partial charge < -0.3 is 9.84 Å². The summed E-state index contributed by atoms with van der Waals surface area (Å²) in [6, 6.07) is 4.82. The third-order valence-electron chi connectivity index (χ3n) is 6.78. The van der Waals surface area contributed by atoms with Gasteiger partial charge in [0.2, 0.25) is 23.4 Å². The summed E-state index contributed by atoms with van der Waals surface area (Å²) in [4.78, 5) is 35.3. The quantitative estimate of drug-likeness (QED) is 0.503. The normalized spacial score (nSPS) is 20.7. The first-order chi connectivity index (χ1) is 16.7. The van der Waals surface area contributed by atoms with Crippen LogP contribution in [0.5, 0.6) is 0 Å². The van der Waals surface area contributed by atoms with Crippen LogP contribution in [0.25, 0.3) is 0 Å². The minimum atomic E-state index is -3.74. The molecule has 2 N–H and O–H groups in total. The minimum Gasteiger partial charge on any atom is -0.344 e. The highest BCUT2D eigenvalue weighted by atomic mass is 32.2. The number of sulfonamides is 1. The van der Waals surface area contributed by atoms with Crippen LogP contribution in [0.3, 0.4) is 0 Å². The van der Waals surface area contributed by atoms with Gasteiger partial charge in [-0.25, -0.2) is 8.42 Å². The van der Waals surface area contributed by atoms with Crippen molar-refractivity contribution in [2.24, 2.45) is 10.4 Å². The zero-order valence-corrected chi connectivity index (χ0v) is 21.0.